The number of rotatable bonds is 8. The molecule has 27 heavy (non-hydrogen) atoms. The predicted octanol–water partition coefficient (Wildman–Crippen LogP) is 0.790. The number of amides is 1. The summed E-state index contributed by atoms with van der Waals surface area (Å²) in [6.45, 7) is 2.99. The molecule has 0 spiro atoms. The van der Waals surface area contributed by atoms with Crippen molar-refractivity contribution < 1.29 is 24.2 Å². The first-order valence-corrected chi connectivity index (χ1v) is 8.96. The molecule has 0 aliphatic carbocycles. The van der Waals surface area contributed by atoms with E-state index in [-0.39, 0.29) is 24.2 Å². The molecule has 2 aromatic rings. The number of aromatic nitrogens is 1. The Morgan fingerprint density at radius 1 is 1.19 bits per heavy atom. The lowest BCUT2D eigenvalue weighted by molar-refractivity contribution is -0.305. The van der Waals surface area contributed by atoms with Gasteiger partial charge in [0, 0.05) is 31.3 Å². The van der Waals surface area contributed by atoms with Gasteiger partial charge in [-0.25, -0.2) is 0 Å². The molecule has 0 saturated heterocycles. The molecule has 0 saturated carbocycles. The van der Waals surface area contributed by atoms with Crippen LogP contribution in [-0.2, 0) is 11.3 Å². The number of hydrogen-bond donors (Lipinski definition) is 1. The molecule has 0 unspecified atom stereocenters. The fourth-order valence-corrected chi connectivity index (χ4v) is 3.07. The van der Waals surface area contributed by atoms with Gasteiger partial charge in [0.1, 0.15) is 5.56 Å². The zero-order valence-electron chi connectivity index (χ0n) is 15.1. The van der Waals surface area contributed by atoms with Crippen molar-refractivity contribution >= 4 is 22.8 Å². The smallest absolute Gasteiger partial charge is 0.256 e. The highest BCUT2D eigenvalue weighted by molar-refractivity contribution is 5.97. The molecule has 1 aromatic carbocycles. The van der Waals surface area contributed by atoms with Gasteiger partial charge in [-0.2, -0.15) is 0 Å². The van der Waals surface area contributed by atoms with Crippen LogP contribution in [0.4, 0.5) is 0 Å². The number of carboxylic acids is 1. The molecule has 1 aliphatic rings. The van der Waals surface area contributed by atoms with E-state index in [1.54, 1.807) is 18.3 Å². The molecule has 0 bridgehead atoms. The van der Waals surface area contributed by atoms with E-state index < -0.39 is 11.9 Å². The first-order valence-electron chi connectivity index (χ1n) is 8.96. The average Bonchev–Trinajstić information content (AvgIpc) is 3.10. The first-order chi connectivity index (χ1) is 13.0. The summed E-state index contributed by atoms with van der Waals surface area (Å²) in [5, 5.41) is 13.5. The van der Waals surface area contributed by atoms with Crippen LogP contribution >= 0.6 is 0 Å². The van der Waals surface area contributed by atoms with E-state index in [1.807, 2.05) is 11.5 Å². The quantitative estimate of drug-likeness (QED) is 0.685. The number of nitrogens with zero attached hydrogens (tertiary/aromatic N) is 1. The van der Waals surface area contributed by atoms with Gasteiger partial charge in [0.05, 0.1) is 10.9 Å². The monoisotopic (exact) mass is 373 g/mol. The van der Waals surface area contributed by atoms with E-state index >= 15 is 0 Å². The molecule has 2 heterocycles. The number of carboxylic acid groups (broad SMARTS) is 1. The number of hydrogen-bond acceptors (Lipinski definition) is 6. The third kappa shape index (κ3) is 4.05. The van der Waals surface area contributed by atoms with Crippen molar-refractivity contribution in [1.29, 1.82) is 0 Å². The van der Waals surface area contributed by atoms with Crippen LogP contribution in [0, 0.1) is 0 Å². The minimum atomic E-state index is -1.07. The lowest BCUT2D eigenvalue weighted by Crippen LogP contribution is -2.30. The minimum Gasteiger partial charge on any atom is -0.550 e. The zero-order valence-corrected chi connectivity index (χ0v) is 15.1. The Morgan fingerprint density at radius 3 is 2.63 bits per heavy atom. The number of nitrogens with one attached hydrogen (secondary N) is 1. The SMILES string of the molecule is CCn1cc(C(=O)NCCCCCC(=O)[O-])c(=O)c2cc3c(cc21)OCO3. The summed E-state index contributed by atoms with van der Waals surface area (Å²) in [6.07, 6.45) is 3.36. The molecular formula is C19H21N2O6-. The Labute approximate surface area is 155 Å². The minimum absolute atomic E-state index is 0.00986. The first kappa shape index (κ1) is 18.8. The van der Waals surface area contributed by atoms with Gasteiger partial charge in [0.15, 0.2) is 11.5 Å². The highest BCUT2D eigenvalue weighted by atomic mass is 16.7. The van der Waals surface area contributed by atoms with Crippen molar-refractivity contribution in [2.75, 3.05) is 13.3 Å². The number of benzene rings is 1. The number of unbranched alkanes of at least 4 members (excludes halogenated alkanes) is 2. The standard InChI is InChI=1S/C19H22N2O6/c1-2-21-10-13(19(25)20-7-5-3-4-6-17(22)23)18(24)12-8-15-16(9-14(12)21)27-11-26-15/h8-10H,2-7,11H2,1H3,(H,20,25)(H,22,23)/p-1. The van der Waals surface area contributed by atoms with Crippen LogP contribution in [0.25, 0.3) is 10.9 Å². The molecule has 3 rings (SSSR count). The highest BCUT2D eigenvalue weighted by Gasteiger charge is 2.20. The summed E-state index contributed by atoms with van der Waals surface area (Å²) < 4.78 is 12.5. The summed E-state index contributed by atoms with van der Waals surface area (Å²) in [5.41, 5.74) is 0.394. The summed E-state index contributed by atoms with van der Waals surface area (Å²) >= 11 is 0. The van der Waals surface area contributed by atoms with Crippen LogP contribution in [0.5, 0.6) is 11.5 Å². The van der Waals surface area contributed by atoms with Gasteiger partial charge in [-0.15, -0.1) is 0 Å². The highest BCUT2D eigenvalue weighted by Crippen LogP contribution is 2.35. The molecule has 0 fully saturated rings. The maximum atomic E-state index is 12.8. The van der Waals surface area contributed by atoms with Gasteiger partial charge >= 0.3 is 0 Å². The lowest BCUT2D eigenvalue weighted by Gasteiger charge is -2.12. The number of fused-ring (bicyclic) bond motifs is 2. The normalized spacial score (nSPS) is 12.3. The van der Waals surface area contributed by atoms with E-state index in [0.29, 0.717) is 54.8 Å². The van der Waals surface area contributed by atoms with E-state index in [9.17, 15) is 19.5 Å². The zero-order chi connectivity index (χ0) is 19.4. The van der Waals surface area contributed by atoms with Crippen LogP contribution in [-0.4, -0.2) is 29.8 Å². The van der Waals surface area contributed by atoms with E-state index in [2.05, 4.69) is 5.32 Å². The number of ether oxygens (including phenoxy) is 2. The van der Waals surface area contributed by atoms with Crippen LogP contribution in [0.3, 0.4) is 0 Å². The Bertz CT molecular complexity index is 934. The fraction of sp³-hybridized carbons (Fsp3) is 0.421. The topological polar surface area (TPSA) is 110 Å². The van der Waals surface area contributed by atoms with Crippen LogP contribution in [0.2, 0.25) is 0 Å². The summed E-state index contributed by atoms with van der Waals surface area (Å²) in [7, 11) is 0. The molecular weight excluding hydrogens is 352 g/mol. The van der Waals surface area contributed by atoms with Crippen LogP contribution in [0.1, 0.15) is 43.0 Å². The lowest BCUT2D eigenvalue weighted by atomic mass is 10.1. The van der Waals surface area contributed by atoms with Gasteiger partial charge in [0.2, 0.25) is 12.2 Å². The molecule has 1 N–H and O–H groups in total. The largest absolute Gasteiger partial charge is 0.550 e. The number of aryl methyl sites for hydroxylation is 1. The van der Waals surface area contributed by atoms with Gasteiger partial charge in [-0.1, -0.05) is 6.42 Å². The van der Waals surface area contributed by atoms with Crippen molar-refractivity contribution in [3.8, 4) is 11.5 Å². The third-order valence-electron chi connectivity index (χ3n) is 4.50. The molecule has 8 nitrogen and oxygen atoms in total. The molecule has 1 aromatic heterocycles. The van der Waals surface area contributed by atoms with Gasteiger partial charge in [-0.05, 0) is 32.3 Å². The Morgan fingerprint density at radius 2 is 1.93 bits per heavy atom. The second-order valence-corrected chi connectivity index (χ2v) is 6.32. The molecule has 8 heteroatoms. The van der Waals surface area contributed by atoms with Crippen LogP contribution in [0.15, 0.2) is 23.1 Å². The van der Waals surface area contributed by atoms with Gasteiger partial charge in [-0.3, -0.25) is 9.59 Å². The van der Waals surface area contributed by atoms with Gasteiger partial charge in [0.25, 0.3) is 5.91 Å². The summed E-state index contributed by atoms with van der Waals surface area (Å²) in [4.78, 5) is 35.6. The predicted molar refractivity (Wildman–Crippen MR) is 95.8 cm³/mol. The molecule has 1 aliphatic heterocycles. The Balaban J connectivity index is 1.77. The van der Waals surface area contributed by atoms with Gasteiger partial charge < -0.3 is 29.3 Å². The summed E-state index contributed by atoms with van der Waals surface area (Å²) in [6, 6.07) is 3.37. The molecule has 0 atom stereocenters. The third-order valence-corrected chi connectivity index (χ3v) is 4.50. The average molecular weight is 373 g/mol. The Kier molecular flexibility index (Phi) is 5.63. The van der Waals surface area contributed by atoms with E-state index in [0.717, 1.165) is 0 Å². The van der Waals surface area contributed by atoms with E-state index in [4.69, 9.17) is 9.47 Å². The van der Waals surface area contributed by atoms with Crippen molar-refractivity contribution in [2.24, 2.45) is 0 Å². The molecule has 1 amide bonds. The molecule has 0 radical (unpaired) electrons. The van der Waals surface area contributed by atoms with Crippen molar-refractivity contribution in [2.45, 2.75) is 39.2 Å². The van der Waals surface area contributed by atoms with Crippen molar-refractivity contribution in [1.82, 2.24) is 9.88 Å². The second kappa shape index (κ2) is 8.11. The molecule has 144 valence electrons. The summed E-state index contributed by atoms with van der Waals surface area (Å²) in [5.74, 6) is -0.441. The number of carbonyl (C=O) groups is 2. The number of pyridine rings is 1. The number of aliphatic carboxylic acids is 1. The van der Waals surface area contributed by atoms with E-state index in [1.165, 1.54) is 0 Å². The maximum absolute atomic E-state index is 12.8. The second-order valence-electron chi connectivity index (χ2n) is 6.32. The van der Waals surface area contributed by atoms with Crippen molar-refractivity contribution in [3.05, 3.63) is 34.1 Å². The van der Waals surface area contributed by atoms with Crippen LogP contribution < -0.4 is 25.3 Å². The number of carbonyl (C=O) groups excluding carboxylic acids is 2. The maximum Gasteiger partial charge on any atom is 0.256 e. The fourth-order valence-electron chi connectivity index (χ4n) is 3.07. The van der Waals surface area contributed by atoms with Crippen molar-refractivity contribution in [3.63, 3.8) is 0 Å². The Hall–Kier alpha value is -3.03.